The zero-order valence-electron chi connectivity index (χ0n) is 20.1. The van der Waals surface area contributed by atoms with E-state index in [-0.39, 0.29) is 29.6 Å². The summed E-state index contributed by atoms with van der Waals surface area (Å²) in [5.74, 6) is 0.180. The van der Waals surface area contributed by atoms with Crippen LogP contribution in [0.25, 0.3) is 0 Å². The van der Waals surface area contributed by atoms with Crippen molar-refractivity contribution in [3.63, 3.8) is 0 Å². The monoisotopic (exact) mass is 463 g/mol. The normalized spacial score (nSPS) is 19.4. The molecule has 0 aromatic heterocycles. The number of unbranched alkanes of at least 4 members (excludes halogenated alkanes) is 1. The van der Waals surface area contributed by atoms with Crippen molar-refractivity contribution in [2.24, 2.45) is 4.99 Å². The van der Waals surface area contributed by atoms with E-state index in [1.807, 2.05) is 24.3 Å². The van der Waals surface area contributed by atoms with Crippen LogP contribution >= 0.6 is 0 Å². The second-order valence-electron chi connectivity index (χ2n) is 9.15. The first-order chi connectivity index (χ1) is 16.5. The third-order valence-electron chi connectivity index (χ3n) is 6.94. The van der Waals surface area contributed by atoms with Crippen LogP contribution in [0.15, 0.2) is 71.0 Å². The largest absolute Gasteiger partial charge is 0.493 e. The molecule has 34 heavy (non-hydrogen) atoms. The Labute approximate surface area is 201 Å². The molecule has 0 spiro atoms. The maximum atomic E-state index is 14.3. The topological polar surface area (TPSA) is 56.1 Å². The van der Waals surface area contributed by atoms with Gasteiger partial charge in [0.05, 0.1) is 18.2 Å². The Kier molecular flexibility index (Phi) is 7.66. The number of hydrogen-bond acceptors (Lipinski definition) is 4. The fraction of sp³-hybridized carbons (Fsp3) is 0.429. The van der Waals surface area contributed by atoms with Crippen molar-refractivity contribution in [2.75, 3.05) is 19.6 Å². The van der Waals surface area contributed by atoms with Gasteiger partial charge in [0.25, 0.3) is 5.91 Å². The maximum Gasteiger partial charge on any atom is 0.257 e. The van der Waals surface area contributed by atoms with Crippen molar-refractivity contribution < 1.29 is 14.3 Å². The number of carbonyl (C=O) groups is 1. The Morgan fingerprint density at radius 3 is 2.59 bits per heavy atom. The van der Waals surface area contributed by atoms with Crippen LogP contribution in [0.3, 0.4) is 0 Å². The van der Waals surface area contributed by atoms with Gasteiger partial charge in [-0.15, -0.1) is 0 Å². The molecule has 2 aliphatic heterocycles. The summed E-state index contributed by atoms with van der Waals surface area (Å²) in [6.07, 6.45) is 4.31. The minimum Gasteiger partial charge on any atom is -0.493 e. The summed E-state index contributed by atoms with van der Waals surface area (Å²) in [6, 6.07) is 17.1. The lowest BCUT2D eigenvalue weighted by atomic mass is 9.98. The van der Waals surface area contributed by atoms with Crippen molar-refractivity contribution in [1.29, 1.82) is 0 Å². The molecule has 0 radical (unpaired) electrons. The average molecular weight is 464 g/mol. The number of aliphatic hydroxyl groups is 1. The zero-order valence-corrected chi connectivity index (χ0v) is 20.1. The molecule has 2 aromatic rings. The van der Waals surface area contributed by atoms with Gasteiger partial charge >= 0.3 is 0 Å². The number of likely N-dealkylation sites (tertiary alicyclic amines) is 1. The molecule has 2 aliphatic rings. The quantitative estimate of drug-likeness (QED) is 0.525. The summed E-state index contributed by atoms with van der Waals surface area (Å²) in [7, 11) is 0. The van der Waals surface area contributed by atoms with Crippen LogP contribution in [-0.2, 0) is 4.79 Å². The molecule has 6 heteroatoms. The van der Waals surface area contributed by atoms with E-state index in [9.17, 15) is 14.3 Å². The molecule has 0 saturated carbocycles. The lowest BCUT2D eigenvalue weighted by Gasteiger charge is -2.37. The number of hydrogen-bond donors (Lipinski definition) is 1. The highest BCUT2D eigenvalue weighted by molar-refractivity contribution is 5.97. The number of carbonyl (C=O) groups excluding carboxylic acids is 1. The number of halogens is 1. The maximum absolute atomic E-state index is 14.3. The van der Waals surface area contributed by atoms with Crippen molar-refractivity contribution >= 4 is 11.7 Å². The van der Waals surface area contributed by atoms with Crippen molar-refractivity contribution in [3.05, 3.63) is 83.0 Å². The van der Waals surface area contributed by atoms with Crippen LogP contribution in [0.5, 0.6) is 0 Å². The fourth-order valence-corrected chi connectivity index (χ4v) is 5.08. The molecule has 2 unspecified atom stereocenters. The number of benzene rings is 2. The Balaban J connectivity index is 1.58. The van der Waals surface area contributed by atoms with Crippen molar-refractivity contribution in [2.45, 2.75) is 57.9 Å². The summed E-state index contributed by atoms with van der Waals surface area (Å²) < 4.78 is 14.3. The highest BCUT2D eigenvalue weighted by Gasteiger charge is 2.36. The summed E-state index contributed by atoms with van der Waals surface area (Å²) in [5, 5.41) is 10.8. The van der Waals surface area contributed by atoms with E-state index in [0.29, 0.717) is 37.2 Å². The molecule has 1 amide bonds. The summed E-state index contributed by atoms with van der Waals surface area (Å²) in [5.41, 5.74) is 2.14. The van der Waals surface area contributed by atoms with Crippen molar-refractivity contribution in [3.8, 4) is 0 Å². The number of aliphatic hydroxyl groups excluding tert-OH is 1. The average Bonchev–Trinajstić information content (AvgIpc) is 3.35. The van der Waals surface area contributed by atoms with E-state index in [1.54, 1.807) is 17.0 Å². The molecule has 2 heterocycles. The molecule has 0 aliphatic carbocycles. The molecule has 1 N–H and O–H groups in total. The van der Waals surface area contributed by atoms with Crippen LogP contribution in [0.4, 0.5) is 4.39 Å². The number of amidine groups is 1. The van der Waals surface area contributed by atoms with Gasteiger partial charge in [0, 0.05) is 25.4 Å². The molecular formula is C28H34FN3O2. The first-order valence-corrected chi connectivity index (χ1v) is 12.4. The van der Waals surface area contributed by atoms with E-state index >= 15 is 0 Å². The first-order valence-electron chi connectivity index (χ1n) is 12.4. The Morgan fingerprint density at radius 2 is 1.88 bits per heavy atom. The zero-order chi connectivity index (χ0) is 24.1. The minimum atomic E-state index is -0.230. The van der Waals surface area contributed by atoms with E-state index in [4.69, 9.17) is 0 Å². The number of nitrogens with zero attached hydrogens (tertiary/aromatic N) is 3. The van der Waals surface area contributed by atoms with E-state index in [1.165, 1.54) is 11.6 Å². The van der Waals surface area contributed by atoms with Gasteiger partial charge in [-0.2, -0.15) is 0 Å². The standard InChI is InChI=1S/C28H34FN3O2/c1-3-5-15-26-30-27(33)23(19-32(26)25(4-2)20-11-7-6-8-12-20)28(34)31-17-16-21(18-31)22-13-9-10-14-24(22)29/h6-14,21,25,33H,3-5,15-19H2,1-2H3. The van der Waals surface area contributed by atoms with Crippen LogP contribution in [-0.4, -0.2) is 46.3 Å². The SMILES string of the molecule is CCCCC1=NC(O)=C(C(=O)N2CCC(c3ccccc3F)C2)CN1C(CC)c1ccccc1. The van der Waals surface area contributed by atoms with Crippen LogP contribution in [0, 0.1) is 5.82 Å². The fourth-order valence-electron chi connectivity index (χ4n) is 5.08. The second kappa shape index (κ2) is 10.9. The molecule has 2 aromatic carbocycles. The Morgan fingerprint density at radius 1 is 1.15 bits per heavy atom. The van der Waals surface area contributed by atoms with Crippen LogP contribution in [0.1, 0.15) is 69.0 Å². The summed E-state index contributed by atoms with van der Waals surface area (Å²) >= 11 is 0. The van der Waals surface area contributed by atoms with E-state index in [2.05, 4.69) is 35.9 Å². The van der Waals surface area contributed by atoms with Gasteiger partial charge in [-0.1, -0.05) is 68.8 Å². The molecular weight excluding hydrogens is 429 g/mol. The lowest BCUT2D eigenvalue weighted by Crippen LogP contribution is -2.43. The lowest BCUT2D eigenvalue weighted by molar-refractivity contribution is -0.126. The smallest absolute Gasteiger partial charge is 0.257 e. The third kappa shape index (κ3) is 5.01. The van der Waals surface area contributed by atoms with Gasteiger partial charge in [0.1, 0.15) is 11.7 Å². The van der Waals surface area contributed by atoms with Crippen LogP contribution in [0.2, 0.25) is 0 Å². The molecule has 4 rings (SSSR count). The number of amides is 1. The summed E-state index contributed by atoms with van der Waals surface area (Å²) in [6.45, 7) is 5.57. The van der Waals surface area contributed by atoms with Gasteiger partial charge in [-0.05, 0) is 36.5 Å². The molecule has 1 saturated heterocycles. The molecule has 1 fully saturated rings. The van der Waals surface area contributed by atoms with Crippen molar-refractivity contribution in [1.82, 2.24) is 9.80 Å². The molecule has 2 atom stereocenters. The highest BCUT2D eigenvalue weighted by atomic mass is 19.1. The van der Waals surface area contributed by atoms with Gasteiger partial charge in [0.2, 0.25) is 5.88 Å². The predicted molar refractivity (Wildman–Crippen MR) is 133 cm³/mol. The first kappa shape index (κ1) is 24.0. The summed E-state index contributed by atoms with van der Waals surface area (Å²) in [4.78, 5) is 22.0. The molecule has 5 nitrogen and oxygen atoms in total. The van der Waals surface area contributed by atoms with Crippen LogP contribution < -0.4 is 0 Å². The predicted octanol–water partition coefficient (Wildman–Crippen LogP) is 5.97. The van der Waals surface area contributed by atoms with Gasteiger partial charge in [-0.3, -0.25) is 4.79 Å². The van der Waals surface area contributed by atoms with Gasteiger partial charge in [0.15, 0.2) is 0 Å². The number of rotatable bonds is 8. The minimum absolute atomic E-state index is 0.0380. The molecule has 180 valence electrons. The molecule has 0 bridgehead atoms. The number of aliphatic imine (C=N–C) groups is 1. The Bertz CT molecular complexity index is 1070. The van der Waals surface area contributed by atoms with E-state index < -0.39 is 0 Å². The van der Waals surface area contributed by atoms with Gasteiger partial charge in [-0.25, -0.2) is 9.38 Å². The Hall–Kier alpha value is -3.15. The van der Waals surface area contributed by atoms with E-state index in [0.717, 1.165) is 31.5 Å². The third-order valence-corrected chi connectivity index (χ3v) is 6.94. The second-order valence-corrected chi connectivity index (χ2v) is 9.15. The van der Waals surface area contributed by atoms with Gasteiger partial charge < -0.3 is 14.9 Å². The highest BCUT2D eigenvalue weighted by Crippen LogP contribution is 2.33.